The van der Waals surface area contributed by atoms with E-state index in [1.807, 2.05) is 14.0 Å². The maximum Gasteiger partial charge on any atom is 0.0210 e. The highest BCUT2D eigenvalue weighted by atomic mass is 14.9. The zero-order valence-corrected chi connectivity index (χ0v) is 5.94. The molecule has 0 saturated heterocycles. The fourth-order valence-electron chi connectivity index (χ4n) is 0.839. The Morgan fingerprint density at radius 3 is 2.12 bits per heavy atom. The Bertz CT molecular complexity index is 48.5. The van der Waals surface area contributed by atoms with Gasteiger partial charge in [0.15, 0.2) is 0 Å². The van der Waals surface area contributed by atoms with Crippen LogP contribution >= 0.6 is 0 Å². The summed E-state index contributed by atoms with van der Waals surface area (Å²) in [5, 5.41) is 3.13. The predicted octanol–water partition coefficient (Wildman–Crippen LogP) is 0.332. The average Bonchev–Trinajstić information content (AvgIpc) is 1.69. The van der Waals surface area contributed by atoms with E-state index in [4.69, 9.17) is 5.73 Å². The van der Waals surface area contributed by atoms with Gasteiger partial charge in [0, 0.05) is 12.1 Å². The average molecular weight is 116 g/mol. The van der Waals surface area contributed by atoms with Gasteiger partial charge in [-0.1, -0.05) is 6.92 Å². The highest BCUT2D eigenvalue weighted by molar-refractivity contribution is 4.71. The van der Waals surface area contributed by atoms with Crippen molar-refractivity contribution in [2.45, 2.75) is 32.4 Å². The lowest BCUT2D eigenvalue weighted by Crippen LogP contribution is -2.40. The van der Waals surface area contributed by atoms with Gasteiger partial charge in [-0.3, -0.25) is 0 Å². The van der Waals surface area contributed by atoms with Crippen LogP contribution in [-0.2, 0) is 0 Å². The number of hydrogen-bond acceptors (Lipinski definition) is 2. The molecule has 2 atom stereocenters. The topological polar surface area (TPSA) is 38.0 Å². The standard InChI is InChI=1S/C6H16N2/c1-4-6(8-3)5(2)7/h5-6,8H,4,7H2,1-3H3/t5-,6+/m0/s1. The maximum atomic E-state index is 5.60. The van der Waals surface area contributed by atoms with Crippen LogP contribution in [0.4, 0.5) is 0 Å². The Morgan fingerprint density at radius 1 is 1.62 bits per heavy atom. The Hall–Kier alpha value is -0.0800. The molecule has 0 heterocycles. The van der Waals surface area contributed by atoms with E-state index in [-0.39, 0.29) is 6.04 Å². The van der Waals surface area contributed by atoms with Gasteiger partial charge in [0.05, 0.1) is 0 Å². The normalized spacial score (nSPS) is 18.0. The molecule has 0 aromatic rings. The molecule has 2 nitrogen and oxygen atoms in total. The third-order valence-corrected chi connectivity index (χ3v) is 1.45. The molecule has 0 aliphatic carbocycles. The Kier molecular flexibility index (Phi) is 3.83. The van der Waals surface area contributed by atoms with E-state index in [0.29, 0.717) is 6.04 Å². The van der Waals surface area contributed by atoms with Crippen molar-refractivity contribution in [1.82, 2.24) is 5.32 Å². The van der Waals surface area contributed by atoms with Gasteiger partial charge in [-0.2, -0.15) is 0 Å². The zero-order valence-electron chi connectivity index (χ0n) is 5.94. The van der Waals surface area contributed by atoms with E-state index in [0.717, 1.165) is 6.42 Å². The molecule has 0 fully saturated rings. The molecule has 0 amide bonds. The van der Waals surface area contributed by atoms with E-state index in [1.54, 1.807) is 0 Å². The minimum absolute atomic E-state index is 0.269. The monoisotopic (exact) mass is 116 g/mol. The summed E-state index contributed by atoms with van der Waals surface area (Å²) in [6.45, 7) is 4.15. The molecule has 50 valence electrons. The minimum Gasteiger partial charge on any atom is -0.327 e. The summed E-state index contributed by atoms with van der Waals surface area (Å²) in [4.78, 5) is 0. The molecule has 0 saturated carbocycles. The van der Waals surface area contributed by atoms with E-state index in [2.05, 4.69) is 12.2 Å². The highest BCUT2D eigenvalue weighted by Crippen LogP contribution is 1.92. The lowest BCUT2D eigenvalue weighted by Gasteiger charge is -2.16. The first-order chi connectivity index (χ1) is 3.72. The van der Waals surface area contributed by atoms with Gasteiger partial charge >= 0.3 is 0 Å². The number of nitrogens with two attached hydrogens (primary N) is 1. The lowest BCUT2D eigenvalue weighted by atomic mass is 10.1. The van der Waals surface area contributed by atoms with Gasteiger partial charge in [0.2, 0.25) is 0 Å². The number of rotatable bonds is 3. The van der Waals surface area contributed by atoms with Gasteiger partial charge in [0.25, 0.3) is 0 Å². The van der Waals surface area contributed by atoms with Crippen LogP contribution in [0.2, 0.25) is 0 Å². The molecule has 0 unspecified atom stereocenters. The summed E-state index contributed by atoms with van der Waals surface area (Å²) in [5.74, 6) is 0. The molecule has 0 radical (unpaired) electrons. The van der Waals surface area contributed by atoms with Crippen LogP contribution in [0.1, 0.15) is 20.3 Å². The lowest BCUT2D eigenvalue weighted by molar-refractivity contribution is 0.470. The van der Waals surface area contributed by atoms with Crippen LogP contribution in [0.15, 0.2) is 0 Å². The first-order valence-electron chi connectivity index (χ1n) is 3.15. The van der Waals surface area contributed by atoms with E-state index in [9.17, 15) is 0 Å². The third kappa shape index (κ3) is 2.28. The van der Waals surface area contributed by atoms with Crippen molar-refractivity contribution >= 4 is 0 Å². The molecule has 0 aromatic heterocycles. The fourth-order valence-corrected chi connectivity index (χ4v) is 0.839. The van der Waals surface area contributed by atoms with Crippen LogP contribution in [-0.4, -0.2) is 19.1 Å². The summed E-state index contributed by atoms with van der Waals surface area (Å²) in [6, 6.07) is 0.750. The van der Waals surface area contributed by atoms with E-state index in [1.165, 1.54) is 0 Å². The molecule has 2 heteroatoms. The predicted molar refractivity (Wildman–Crippen MR) is 36.8 cm³/mol. The summed E-state index contributed by atoms with van der Waals surface area (Å²) in [5.41, 5.74) is 5.60. The molecule has 0 aromatic carbocycles. The summed E-state index contributed by atoms with van der Waals surface area (Å²) < 4.78 is 0. The number of hydrogen-bond donors (Lipinski definition) is 2. The first kappa shape index (κ1) is 7.92. The van der Waals surface area contributed by atoms with Crippen LogP contribution in [0.5, 0.6) is 0 Å². The molecule has 0 aliphatic heterocycles. The minimum atomic E-state index is 0.269. The fraction of sp³-hybridized carbons (Fsp3) is 1.00. The van der Waals surface area contributed by atoms with Gasteiger partial charge in [-0.15, -0.1) is 0 Å². The molecule has 0 spiro atoms. The van der Waals surface area contributed by atoms with Crippen molar-refractivity contribution < 1.29 is 0 Å². The largest absolute Gasteiger partial charge is 0.327 e. The second-order valence-corrected chi connectivity index (χ2v) is 2.16. The Labute approximate surface area is 51.5 Å². The zero-order chi connectivity index (χ0) is 6.57. The summed E-state index contributed by atoms with van der Waals surface area (Å²) >= 11 is 0. The second kappa shape index (κ2) is 3.87. The number of nitrogens with one attached hydrogen (secondary N) is 1. The molecular weight excluding hydrogens is 100 g/mol. The molecule has 3 N–H and O–H groups in total. The smallest absolute Gasteiger partial charge is 0.0210 e. The second-order valence-electron chi connectivity index (χ2n) is 2.16. The maximum absolute atomic E-state index is 5.60. The molecular formula is C6H16N2. The van der Waals surface area contributed by atoms with Crippen LogP contribution in [0, 0.1) is 0 Å². The van der Waals surface area contributed by atoms with Gasteiger partial charge in [-0.05, 0) is 20.4 Å². The quantitative estimate of drug-likeness (QED) is 0.557. The first-order valence-corrected chi connectivity index (χ1v) is 3.15. The van der Waals surface area contributed by atoms with Crippen molar-refractivity contribution in [3.8, 4) is 0 Å². The van der Waals surface area contributed by atoms with Crippen LogP contribution in [0.25, 0.3) is 0 Å². The molecule has 0 aliphatic rings. The van der Waals surface area contributed by atoms with Crippen molar-refractivity contribution in [3.63, 3.8) is 0 Å². The van der Waals surface area contributed by atoms with Crippen molar-refractivity contribution in [2.24, 2.45) is 5.73 Å². The Morgan fingerprint density at radius 2 is 2.12 bits per heavy atom. The SMILES string of the molecule is CC[C@@H](NC)[C@H](C)N. The van der Waals surface area contributed by atoms with Crippen LogP contribution < -0.4 is 11.1 Å². The van der Waals surface area contributed by atoms with Gasteiger partial charge in [0.1, 0.15) is 0 Å². The summed E-state index contributed by atoms with van der Waals surface area (Å²) in [7, 11) is 1.94. The number of likely N-dealkylation sites (N-methyl/N-ethyl adjacent to an activating group) is 1. The van der Waals surface area contributed by atoms with Crippen molar-refractivity contribution in [3.05, 3.63) is 0 Å². The molecule has 0 rings (SSSR count). The van der Waals surface area contributed by atoms with Crippen LogP contribution in [0.3, 0.4) is 0 Å². The molecule has 0 bridgehead atoms. The van der Waals surface area contributed by atoms with E-state index < -0.39 is 0 Å². The van der Waals surface area contributed by atoms with Crippen molar-refractivity contribution in [1.29, 1.82) is 0 Å². The third-order valence-electron chi connectivity index (χ3n) is 1.45. The van der Waals surface area contributed by atoms with E-state index >= 15 is 0 Å². The molecule has 8 heavy (non-hydrogen) atoms. The Balaban J connectivity index is 3.35. The van der Waals surface area contributed by atoms with Gasteiger partial charge in [-0.25, -0.2) is 0 Å². The summed E-state index contributed by atoms with van der Waals surface area (Å²) in [6.07, 6.45) is 1.11. The highest BCUT2D eigenvalue weighted by Gasteiger charge is 2.05. The van der Waals surface area contributed by atoms with Gasteiger partial charge < -0.3 is 11.1 Å². The van der Waals surface area contributed by atoms with Crippen molar-refractivity contribution in [2.75, 3.05) is 7.05 Å².